The fourth-order valence-corrected chi connectivity index (χ4v) is 4.75. The van der Waals surface area contributed by atoms with Crippen molar-refractivity contribution >= 4 is 39.1 Å². The lowest BCUT2D eigenvalue weighted by atomic mass is 10.3. The first-order valence-electron chi connectivity index (χ1n) is 5.90. The van der Waals surface area contributed by atoms with Crippen molar-refractivity contribution < 1.29 is 23.4 Å². The Morgan fingerprint density at radius 1 is 1.45 bits per heavy atom. The zero-order chi connectivity index (χ0) is 15.2. The molecule has 114 valence electrons. The quantitative estimate of drug-likeness (QED) is 0.583. The molecule has 0 saturated carbocycles. The predicted octanol–water partition coefficient (Wildman–Crippen LogP) is 1.15. The molecule has 0 saturated heterocycles. The fraction of sp³-hybridized carbons (Fsp3) is 0.545. The van der Waals surface area contributed by atoms with Crippen LogP contribution in [0.3, 0.4) is 0 Å². The third-order valence-corrected chi connectivity index (χ3v) is 6.57. The summed E-state index contributed by atoms with van der Waals surface area (Å²) in [7, 11) is -3.65. The molecule has 0 fully saturated rings. The molecular weight excluding hydrogens is 322 g/mol. The predicted molar refractivity (Wildman–Crippen MR) is 80.2 cm³/mol. The summed E-state index contributed by atoms with van der Waals surface area (Å²) in [6, 6.07) is 1.37. The van der Waals surface area contributed by atoms with E-state index in [0.29, 0.717) is 17.7 Å². The van der Waals surface area contributed by atoms with Gasteiger partial charge in [0, 0.05) is 18.9 Å². The molecule has 0 atom stereocenters. The van der Waals surface area contributed by atoms with Gasteiger partial charge in [-0.15, -0.1) is 11.3 Å². The second-order valence-corrected chi connectivity index (χ2v) is 8.24. The van der Waals surface area contributed by atoms with Crippen molar-refractivity contribution in [2.45, 2.75) is 17.6 Å². The first kappa shape index (κ1) is 17.4. The summed E-state index contributed by atoms with van der Waals surface area (Å²) in [5.74, 6) is 0.267. The summed E-state index contributed by atoms with van der Waals surface area (Å²) in [4.78, 5) is 10.9. The van der Waals surface area contributed by atoms with Crippen LogP contribution >= 0.6 is 23.1 Å². The molecule has 6 nitrogen and oxygen atoms in total. The molecule has 9 heteroatoms. The first-order chi connectivity index (χ1) is 9.38. The Hall–Kier alpha value is -0.610. The van der Waals surface area contributed by atoms with Crippen molar-refractivity contribution in [2.24, 2.45) is 0 Å². The third-order valence-electron chi connectivity index (χ3n) is 2.34. The second kappa shape index (κ2) is 7.99. The Balaban J connectivity index is 2.56. The molecule has 1 heterocycles. The molecule has 0 aliphatic rings. The number of rotatable bonds is 9. The van der Waals surface area contributed by atoms with Gasteiger partial charge in [0.1, 0.15) is 9.09 Å². The summed E-state index contributed by atoms with van der Waals surface area (Å²) < 4.78 is 26.4. The maximum absolute atomic E-state index is 12.0. The Kier molecular flexibility index (Phi) is 6.96. The number of carboxylic acids is 1. The SMILES string of the molecule is Cc1cc(S(=O)(=O)NCCSCCCO)sc1C(=O)O. The van der Waals surface area contributed by atoms with E-state index in [1.54, 1.807) is 18.7 Å². The molecule has 0 spiro atoms. The van der Waals surface area contributed by atoms with Crippen LogP contribution in [0.2, 0.25) is 0 Å². The van der Waals surface area contributed by atoms with Crippen molar-refractivity contribution in [3.63, 3.8) is 0 Å². The van der Waals surface area contributed by atoms with Gasteiger partial charge < -0.3 is 10.2 Å². The lowest BCUT2D eigenvalue weighted by Gasteiger charge is -2.04. The van der Waals surface area contributed by atoms with Gasteiger partial charge in [-0.2, -0.15) is 11.8 Å². The average Bonchev–Trinajstić information content (AvgIpc) is 2.76. The van der Waals surface area contributed by atoms with Crippen LogP contribution in [0.25, 0.3) is 0 Å². The lowest BCUT2D eigenvalue weighted by molar-refractivity contribution is 0.0701. The first-order valence-corrected chi connectivity index (χ1v) is 9.36. The van der Waals surface area contributed by atoms with E-state index < -0.39 is 16.0 Å². The van der Waals surface area contributed by atoms with Crippen LogP contribution in [0.4, 0.5) is 0 Å². The van der Waals surface area contributed by atoms with Crippen molar-refractivity contribution in [3.05, 3.63) is 16.5 Å². The number of aliphatic hydroxyl groups is 1. The Bertz CT molecular complexity index is 552. The summed E-state index contributed by atoms with van der Waals surface area (Å²) in [5, 5.41) is 17.5. The highest BCUT2D eigenvalue weighted by Gasteiger charge is 2.21. The number of hydrogen-bond acceptors (Lipinski definition) is 6. The molecule has 1 rings (SSSR count). The van der Waals surface area contributed by atoms with Crippen LogP contribution in [0.1, 0.15) is 21.7 Å². The molecule has 0 unspecified atom stereocenters. The van der Waals surface area contributed by atoms with Gasteiger partial charge in [-0.05, 0) is 30.7 Å². The zero-order valence-corrected chi connectivity index (χ0v) is 13.4. The van der Waals surface area contributed by atoms with E-state index in [1.165, 1.54) is 6.07 Å². The summed E-state index contributed by atoms with van der Waals surface area (Å²) in [6.45, 7) is 1.98. The molecule has 3 N–H and O–H groups in total. The van der Waals surface area contributed by atoms with Gasteiger partial charge >= 0.3 is 5.97 Å². The van der Waals surface area contributed by atoms with Gasteiger partial charge in [0.05, 0.1) is 0 Å². The van der Waals surface area contributed by atoms with Gasteiger partial charge in [0.15, 0.2) is 0 Å². The summed E-state index contributed by atoms with van der Waals surface area (Å²) >= 11 is 2.31. The normalized spacial score (nSPS) is 11.7. The molecule has 0 radical (unpaired) electrons. The molecule has 0 aliphatic heterocycles. The number of thiophene rings is 1. The van der Waals surface area contributed by atoms with E-state index in [9.17, 15) is 13.2 Å². The Morgan fingerprint density at radius 2 is 2.15 bits per heavy atom. The van der Waals surface area contributed by atoms with Gasteiger partial charge in [0.2, 0.25) is 10.0 Å². The van der Waals surface area contributed by atoms with E-state index in [4.69, 9.17) is 10.2 Å². The molecule has 0 aliphatic carbocycles. The van der Waals surface area contributed by atoms with Gasteiger partial charge in [-0.3, -0.25) is 0 Å². The van der Waals surface area contributed by atoms with Crippen LogP contribution in [-0.2, 0) is 10.0 Å². The van der Waals surface area contributed by atoms with Crippen LogP contribution in [0, 0.1) is 6.92 Å². The van der Waals surface area contributed by atoms with Crippen LogP contribution in [0.15, 0.2) is 10.3 Å². The van der Waals surface area contributed by atoms with Crippen LogP contribution < -0.4 is 4.72 Å². The Labute approximate surface area is 126 Å². The highest BCUT2D eigenvalue weighted by molar-refractivity contribution is 7.99. The van der Waals surface area contributed by atoms with E-state index in [-0.39, 0.29) is 22.2 Å². The van der Waals surface area contributed by atoms with E-state index in [0.717, 1.165) is 17.1 Å². The van der Waals surface area contributed by atoms with Crippen molar-refractivity contribution in [1.29, 1.82) is 0 Å². The fourth-order valence-electron chi connectivity index (χ4n) is 1.39. The average molecular weight is 339 g/mol. The molecule has 0 amide bonds. The number of carbonyl (C=O) groups is 1. The number of aryl methyl sites for hydroxylation is 1. The lowest BCUT2D eigenvalue weighted by Crippen LogP contribution is -2.25. The molecular formula is C11H17NO5S3. The smallest absolute Gasteiger partial charge is 0.346 e. The topological polar surface area (TPSA) is 104 Å². The number of hydrogen-bond donors (Lipinski definition) is 3. The van der Waals surface area contributed by atoms with Crippen LogP contribution in [0.5, 0.6) is 0 Å². The minimum atomic E-state index is -3.65. The highest BCUT2D eigenvalue weighted by Crippen LogP contribution is 2.25. The molecule has 1 aromatic heterocycles. The molecule has 20 heavy (non-hydrogen) atoms. The number of sulfonamides is 1. The minimum absolute atomic E-state index is 0.0211. The van der Waals surface area contributed by atoms with Crippen LogP contribution in [-0.4, -0.2) is 49.3 Å². The monoisotopic (exact) mass is 339 g/mol. The van der Waals surface area contributed by atoms with Gasteiger partial charge in [0.25, 0.3) is 0 Å². The maximum atomic E-state index is 12.0. The zero-order valence-electron chi connectivity index (χ0n) is 11.0. The third kappa shape index (κ3) is 5.06. The molecule has 0 bridgehead atoms. The molecule has 0 aromatic carbocycles. The molecule has 1 aromatic rings. The van der Waals surface area contributed by atoms with Gasteiger partial charge in [-0.25, -0.2) is 17.9 Å². The largest absolute Gasteiger partial charge is 0.477 e. The summed E-state index contributed by atoms with van der Waals surface area (Å²) in [6.07, 6.45) is 0.684. The van der Waals surface area contributed by atoms with E-state index in [1.807, 2.05) is 0 Å². The van der Waals surface area contributed by atoms with E-state index >= 15 is 0 Å². The standard InChI is InChI=1S/C11H17NO5S3/c1-8-7-9(19-10(8)11(14)15)20(16,17)12-3-6-18-5-2-4-13/h7,12-13H,2-6H2,1H3,(H,14,15). The minimum Gasteiger partial charge on any atom is -0.477 e. The maximum Gasteiger partial charge on any atom is 0.346 e. The number of aromatic carboxylic acids is 1. The number of aliphatic hydroxyl groups excluding tert-OH is 1. The van der Waals surface area contributed by atoms with E-state index in [2.05, 4.69) is 4.72 Å². The highest BCUT2D eigenvalue weighted by atomic mass is 32.2. The van der Waals surface area contributed by atoms with Gasteiger partial charge in [-0.1, -0.05) is 0 Å². The van der Waals surface area contributed by atoms with Crippen molar-refractivity contribution in [2.75, 3.05) is 24.7 Å². The Morgan fingerprint density at radius 3 is 2.70 bits per heavy atom. The van der Waals surface area contributed by atoms with Crippen molar-refractivity contribution in [1.82, 2.24) is 4.72 Å². The number of carboxylic acid groups (broad SMARTS) is 1. The number of nitrogens with one attached hydrogen (secondary N) is 1. The number of thioether (sulfide) groups is 1. The summed E-state index contributed by atoms with van der Waals surface area (Å²) in [5.41, 5.74) is 0.445. The van der Waals surface area contributed by atoms with Crippen molar-refractivity contribution in [3.8, 4) is 0 Å². The second-order valence-electron chi connectivity index (χ2n) is 3.97.